The summed E-state index contributed by atoms with van der Waals surface area (Å²) in [6.07, 6.45) is -4.96. The lowest BCUT2D eigenvalue weighted by molar-refractivity contribution is -0.295. The molecule has 0 saturated heterocycles. The predicted octanol–water partition coefficient (Wildman–Crippen LogP) is 5.92. The van der Waals surface area contributed by atoms with Gasteiger partial charge in [-0.3, -0.25) is 4.79 Å². The van der Waals surface area contributed by atoms with Gasteiger partial charge in [-0.05, 0) is 88.6 Å². The van der Waals surface area contributed by atoms with E-state index in [0.29, 0.717) is 31.5 Å². The minimum absolute atomic E-state index is 0.226. The normalized spacial score (nSPS) is 19.2. The van der Waals surface area contributed by atoms with Crippen molar-refractivity contribution in [2.45, 2.75) is 83.3 Å². The molecule has 1 saturated carbocycles. The van der Waals surface area contributed by atoms with E-state index in [-0.39, 0.29) is 12.6 Å². The highest BCUT2D eigenvalue weighted by Crippen LogP contribution is 2.49. The van der Waals surface area contributed by atoms with Gasteiger partial charge in [0.1, 0.15) is 0 Å². The molecule has 7 nitrogen and oxygen atoms in total. The van der Waals surface area contributed by atoms with Gasteiger partial charge in [0.2, 0.25) is 5.91 Å². The van der Waals surface area contributed by atoms with E-state index in [0.717, 1.165) is 16.7 Å². The molecule has 1 aliphatic rings. The van der Waals surface area contributed by atoms with Crippen LogP contribution in [0.4, 0.5) is 23.7 Å². The fourth-order valence-electron chi connectivity index (χ4n) is 4.69. The summed E-state index contributed by atoms with van der Waals surface area (Å²) in [5, 5.41) is 22.8. The van der Waals surface area contributed by atoms with Crippen molar-refractivity contribution in [1.29, 1.82) is 0 Å². The Labute approximate surface area is 233 Å². The molecular weight excluding hydrogens is 525 g/mol. The number of alkyl halides is 3. The van der Waals surface area contributed by atoms with Gasteiger partial charge in [0.05, 0.1) is 11.7 Å². The second-order valence-electron chi connectivity index (χ2n) is 11.3. The SMILES string of the molecule is CC(C)OC(=O)NCCCCCN(C(=O)C1CC(O)(C(F)(F)F)C1)c1cccc(-c2ccc(C(C)(C)O)cc2)c1. The molecule has 0 bridgehead atoms. The van der Waals surface area contributed by atoms with Gasteiger partial charge in [0, 0.05) is 24.7 Å². The topological polar surface area (TPSA) is 99.1 Å². The number of hydrogen-bond acceptors (Lipinski definition) is 5. The zero-order chi connectivity index (χ0) is 29.7. The summed E-state index contributed by atoms with van der Waals surface area (Å²) in [7, 11) is 0. The lowest BCUT2D eigenvalue weighted by Crippen LogP contribution is -2.59. The number of carbonyl (C=O) groups excluding carboxylic acids is 2. The number of halogens is 3. The van der Waals surface area contributed by atoms with Crippen molar-refractivity contribution in [1.82, 2.24) is 5.32 Å². The summed E-state index contributed by atoms with van der Waals surface area (Å²) in [5.41, 5.74) is -0.857. The van der Waals surface area contributed by atoms with Crippen LogP contribution < -0.4 is 10.2 Å². The highest BCUT2D eigenvalue weighted by molar-refractivity contribution is 5.96. The van der Waals surface area contributed by atoms with E-state index >= 15 is 0 Å². The zero-order valence-corrected chi connectivity index (χ0v) is 23.4. The van der Waals surface area contributed by atoms with Crippen molar-refractivity contribution in [2.75, 3.05) is 18.0 Å². The third kappa shape index (κ3) is 7.97. The van der Waals surface area contributed by atoms with Gasteiger partial charge >= 0.3 is 12.3 Å². The first kappa shape index (κ1) is 31.4. The van der Waals surface area contributed by atoms with Crippen LogP contribution >= 0.6 is 0 Å². The van der Waals surface area contributed by atoms with Crippen LogP contribution in [0.25, 0.3) is 11.1 Å². The molecule has 10 heteroatoms. The Morgan fingerprint density at radius 2 is 1.70 bits per heavy atom. The number of aliphatic hydroxyl groups is 2. The summed E-state index contributed by atoms with van der Waals surface area (Å²) in [6.45, 7) is 7.57. The Morgan fingerprint density at radius 3 is 2.27 bits per heavy atom. The first-order valence-electron chi connectivity index (χ1n) is 13.6. The van der Waals surface area contributed by atoms with Crippen LogP contribution in [-0.4, -0.2) is 53.2 Å². The van der Waals surface area contributed by atoms with E-state index in [1.54, 1.807) is 39.8 Å². The molecule has 220 valence electrons. The standard InChI is InChI=1S/C30H39F3N2O5/c1-20(2)40-27(37)34-15-6-5-7-16-35(26(36)23-18-29(39,19-23)30(31,32)33)25-10-8-9-22(17-25)21-11-13-24(14-12-21)28(3,4)38/h8-14,17,20,23,38-39H,5-7,15-16,18-19H2,1-4H3,(H,34,37). The fraction of sp³-hybridized carbons (Fsp3) is 0.533. The monoisotopic (exact) mass is 564 g/mol. The zero-order valence-electron chi connectivity index (χ0n) is 23.4. The molecule has 2 amide bonds. The number of benzene rings is 2. The second kappa shape index (κ2) is 12.6. The Bertz CT molecular complexity index is 1150. The summed E-state index contributed by atoms with van der Waals surface area (Å²) in [5.74, 6) is -1.39. The van der Waals surface area contributed by atoms with Crippen molar-refractivity contribution in [3.8, 4) is 11.1 Å². The van der Waals surface area contributed by atoms with Crippen LogP contribution in [0.5, 0.6) is 0 Å². The quantitative estimate of drug-likeness (QED) is 0.294. The van der Waals surface area contributed by atoms with Gasteiger partial charge in [-0.2, -0.15) is 13.2 Å². The third-order valence-electron chi connectivity index (χ3n) is 7.06. The summed E-state index contributed by atoms with van der Waals surface area (Å²) in [6, 6.07) is 14.6. The second-order valence-corrected chi connectivity index (χ2v) is 11.3. The highest BCUT2D eigenvalue weighted by Gasteiger charge is 2.63. The van der Waals surface area contributed by atoms with Crippen molar-refractivity contribution >= 4 is 17.7 Å². The predicted molar refractivity (Wildman–Crippen MR) is 147 cm³/mol. The van der Waals surface area contributed by atoms with Gasteiger partial charge < -0.3 is 25.2 Å². The Hall–Kier alpha value is -3.11. The summed E-state index contributed by atoms with van der Waals surface area (Å²) in [4.78, 5) is 26.5. The van der Waals surface area contributed by atoms with Crippen LogP contribution in [0.2, 0.25) is 0 Å². The van der Waals surface area contributed by atoms with Crippen molar-refractivity contribution < 1.29 is 37.7 Å². The van der Waals surface area contributed by atoms with Crippen molar-refractivity contribution in [3.63, 3.8) is 0 Å². The average Bonchev–Trinajstić information content (AvgIpc) is 2.84. The molecule has 0 heterocycles. The number of rotatable bonds is 11. The van der Waals surface area contributed by atoms with E-state index < -0.39 is 48.1 Å². The third-order valence-corrected chi connectivity index (χ3v) is 7.06. The Morgan fingerprint density at radius 1 is 1.05 bits per heavy atom. The van der Waals surface area contributed by atoms with Gasteiger partial charge in [-0.1, -0.05) is 36.4 Å². The first-order valence-corrected chi connectivity index (χ1v) is 13.6. The maximum absolute atomic E-state index is 13.4. The number of carbonyl (C=O) groups is 2. The van der Waals surface area contributed by atoms with E-state index in [2.05, 4.69) is 5.32 Å². The molecule has 0 spiro atoms. The minimum Gasteiger partial charge on any atom is -0.447 e. The van der Waals surface area contributed by atoms with Gasteiger partial charge in [0.25, 0.3) is 0 Å². The Balaban J connectivity index is 1.72. The number of nitrogens with one attached hydrogen (secondary N) is 1. The molecule has 0 unspecified atom stereocenters. The minimum atomic E-state index is -4.78. The number of nitrogens with zero attached hydrogens (tertiary/aromatic N) is 1. The molecule has 2 aromatic rings. The number of hydrogen-bond donors (Lipinski definition) is 3. The van der Waals surface area contributed by atoms with Gasteiger partial charge in [-0.15, -0.1) is 0 Å². The summed E-state index contributed by atoms with van der Waals surface area (Å²) < 4.78 is 44.6. The smallest absolute Gasteiger partial charge is 0.417 e. The molecule has 0 radical (unpaired) electrons. The highest BCUT2D eigenvalue weighted by atomic mass is 19.4. The molecule has 0 aromatic heterocycles. The molecule has 1 fully saturated rings. The molecule has 2 aromatic carbocycles. The van der Waals surface area contributed by atoms with Crippen molar-refractivity contribution in [2.24, 2.45) is 5.92 Å². The lowest BCUT2D eigenvalue weighted by atomic mass is 9.69. The number of anilines is 1. The van der Waals surface area contributed by atoms with E-state index in [1.165, 1.54) is 4.90 Å². The fourth-order valence-corrected chi connectivity index (χ4v) is 4.69. The molecule has 0 aliphatic heterocycles. The number of amides is 2. The molecule has 3 rings (SSSR count). The van der Waals surface area contributed by atoms with Crippen LogP contribution in [0.15, 0.2) is 48.5 Å². The van der Waals surface area contributed by atoms with E-state index in [9.17, 15) is 33.0 Å². The largest absolute Gasteiger partial charge is 0.447 e. The van der Waals surface area contributed by atoms with Gasteiger partial charge in [0.15, 0.2) is 5.60 Å². The molecule has 40 heavy (non-hydrogen) atoms. The maximum atomic E-state index is 13.4. The maximum Gasteiger partial charge on any atom is 0.417 e. The lowest BCUT2D eigenvalue weighted by Gasteiger charge is -2.45. The average molecular weight is 565 g/mol. The van der Waals surface area contributed by atoms with E-state index in [4.69, 9.17) is 4.74 Å². The van der Waals surface area contributed by atoms with Crippen molar-refractivity contribution in [3.05, 3.63) is 54.1 Å². The first-order chi connectivity index (χ1) is 18.6. The molecule has 1 aliphatic carbocycles. The van der Waals surface area contributed by atoms with Crippen LogP contribution in [0.1, 0.15) is 65.4 Å². The van der Waals surface area contributed by atoms with Gasteiger partial charge in [-0.25, -0.2) is 4.79 Å². The molecular formula is C30H39F3N2O5. The number of alkyl carbamates (subject to hydrolysis) is 1. The number of ether oxygens (including phenoxy) is 1. The van der Waals surface area contributed by atoms with Crippen LogP contribution in [-0.2, 0) is 15.1 Å². The number of unbranched alkanes of at least 4 members (excludes halogenated alkanes) is 2. The van der Waals surface area contributed by atoms with Crippen LogP contribution in [0, 0.1) is 5.92 Å². The summed E-state index contributed by atoms with van der Waals surface area (Å²) >= 11 is 0. The Kier molecular flexibility index (Phi) is 9.89. The van der Waals surface area contributed by atoms with E-state index in [1.807, 2.05) is 36.4 Å². The van der Waals surface area contributed by atoms with Crippen LogP contribution in [0.3, 0.4) is 0 Å². The molecule has 3 N–H and O–H groups in total. The molecule has 0 atom stereocenters.